The Morgan fingerprint density at radius 1 is 1.05 bits per heavy atom. The van der Waals surface area contributed by atoms with Gasteiger partial charge in [0.2, 0.25) is 0 Å². The van der Waals surface area contributed by atoms with Crippen LogP contribution in [-0.2, 0) is 9.47 Å². The van der Waals surface area contributed by atoms with E-state index in [4.69, 9.17) is 9.47 Å². The van der Waals surface area contributed by atoms with Crippen molar-refractivity contribution in [2.45, 2.75) is 6.42 Å². The first-order valence-electron chi connectivity index (χ1n) is 7.23. The number of carbonyl (C=O) groups is 1. The fourth-order valence-electron chi connectivity index (χ4n) is 2.76. The van der Waals surface area contributed by atoms with Gasteiger partial charge >= 0.3 is 0 Å². The average Bonchev–Trinajstić information content (AvgIpc) is 2.79. The summed E-state index contributed by atoms with van der Waals surface area (Å²) < 4.78 is 10.5. The van der Waals surface area contributed by atoms with E-state index in [-0.39, 0.29) is 5.91 Å². The van der Waals surface area contributed by atoms with Gasteiger partial charge in [-0.15, -0.1) is 0 Å². The van der Waals surface area contributed by atoms with Crippen LogP contribution in [0, 0.1) is 0 Å². The van der Waals surface area contributed by atoms with Gasteiger partial charge in [-0.05, 0) is 23.9 Å². The first-order valence-corrected chi connectivity index (χ1v) is 7.23. The number of carbonyl (C=O) groups excluding carboxylic acids is 1. The standard InChI is InChI=1S/C17H19NO3/c1-20-10-4-11-21-12-9-18-15-8-3-6-13-5-2-7-14(16(13)15)17(18)19/h2-3,5-8H,4,9-12H2,1H3. The lowest BCUT2D eigenvalue weighted by Crippen LogP contribution is -2.30. The first-order chi connectivity index (χ1) is 10.3. The Bertz CT molecular complexity index is 648. The molecule has 1 aliphatic heterocycles. The lowest BCUT2D eigenvalue weighted by Gasteiger charge is -2.17. The largest absolute Gasteiger partial charge is 0.385 e. The summed E-state index contributed by atoms with van der Waals surface area (Å²) in [4.78, 5) is 14.3. The summed E-state index contributed by atoms with van der Waals surface area (Å²) in [7, 11) is 1.68. The van der Waals surface area contributed by atoms with Crippen molar-refractivity contribution in [2.75, 3.05) is 38.4 Å². The van der Waals surface area contributed by atoms with Crippen LogP contribution in [0.3, 0.4) is 0 Å². The fraction of sp³-hybridized carbons (Fsp3) is 0.353. The third kappa shape index (κ3) is 2.64. The number of anilines is 1. The Kier molecular flexibility index (Phi) is 4.18. The van der Waals surface area contributed by atoms with Crippen LogP contribution in [0.4, 0.5) is 5.69 Å². The molecule has 1 aliphatic rings. The minimum Gasteiger partial charge on any atom is -0.385 e. The van der Waals surface area contributed by atoms with Crippen LogP contribution in [0.15, 0.2) is 36.4 Å². The van der Waals surface area contributed by atoms with E-state index in [0.29, 0.717) is 26.4 Å². The van der Waals surface area contributed by atoms with Crippen molar-refractivity contribution in [3.05, 3.63) is 42.0 Å². The minimum atomic E-state index is 0.0716. The Hall–Kier alpha value is -1.91. The molecule has 0 spiro atoms. The molecular weight excluding hydrogens is 266 g/mol. The first kappa shape index (κ1) is 14.0. The van der Waals surface area contributed by atoms with Crippen LogP contribution in [0.2, 0.25) is 0 Å². The molecule has 0 unspecified atom stereocenters. The highest BCUT2D eigenvalue weighted by Crippen LogP contribution is 2.36. The minimum absolute atomic E-state index is 0.0716. The molecule has 0 aromatic heterocycles. The van der Waals surface area contributed by atoms with E-state index >= 15 is 0 Å². The topological polar surface area (TPSA) is 38.8 Å². The zero-order valence-electron chi connectivity index (χ0n) is 12.2. The van der Waals surface area contributed by atoms with Gasteiger partial charge in [0.1, 0.15) is 0 Å². The zero-order valence-corrected chi connectivity index (χ0v) is 12.2. The summed E-state index contributed by atoms with van der Waals surface area (Å²) in [5.74, 6) is 0.0716. The Balaban J connectivity index is 1.69. The maximum absolute atomic E-state index is 12.5. The summed E-state index contributed by atoms with van der Waals surface area (Å²) in [5.41, 5.74) is 1.79. The lowest BCUT2D eigenvalue weighted by atomic mass is 10.1. The van der Waals surface area contributed by atoms with Crippen LogP contribution >= 0.6 is 0 Å². The maximum atomic E-state index is 12.5. The normalized spacial score (nSPS) is 13.4. The number of nitrogens with zero attached hydrogens (tertiary/aromatic N) is 1. The lowest BCUT2D eigenvalue weighted by molar-refractivity contribution is 0.0933. The highest BCUT2D eigenvalue weighted by atomic mass is 16.5. The van der Waals surface area contributed by atoms with Crippen molar-refractivity contribution in [2.24, 2.45) is 0 Å². The number of methoxy groups -OCH3 is 1. The highest BCUT2D eigenvalue weighted by molar-refractivity contribution is 6.24. The van der Waals surface area contributed by atoms with Gasteiger partial charge in [-0.25, -0.2) is 0 Å². The van der Waals surface area contributed by atoms with Crippen LogP contribution in [-0.4, -0.2) is 39.4 Å². The molecule has 0 aliphatic carbocycles. The SMILES string of the molecule is COCCCOCCN1C(=O)c2cccc3cccc1c23. The van der Waals surface area contributed by atoms with Crippen molar-refractivity contribution >= 4 is 22.4 Å². The van der Waals surface area contributed by atoms with Crippen LogP contribution < -0.4 is 4.90 Å². The number of hydrogen-bond donors (Lipinski definition) is 0. The summed E-state index contributed by atoms with van der Waals surface area (Å²) in [6.07, 6.45) is 0.875. The second kappa shape index (κ2) is 6.24. The van der Waals surface area contributed by atoms with Gasteiger partial charge in [0.05, 0.1) is 12.3 Å². The molecule has 21 heavy (non-hydrogen) atoms. The molecule has 1 heterocycles. The molecule has 1 amide bonds. The molecule has 3 rings (SSSR count). The van der Waals surface area contributed by atoms with E-state index in [1.807, 2.05) is 41.3 Å². The van der Waals surface area contributed by atoms with Gasteiger partial charge in [-0.2, -0.15) is 0 Å². The monoisotopic (exact) mass is 285 g/mol. The second-order valence-corrected chi connectivity index (χ2v) is 5.10. The van der Waals surface area contributed by atoms with Crippen molar-refractivity contribution in [3.63, 3.8) is 0 Å². The van der Waals surface area contributed by atoms with Gasteiger partial charge in [0.15, 0.2) is 0 Å². The Morgan fingerprint density at radius 2 is 1.86 bits per heavy atom. The quantitative estimate of drug-likeness (QED) is 0.734. The second-order valence-electron chi connectivity index (χ2n) is 5.10. The van der Waals surface area contributed by atoms with Gasteiger partial charge in [0, 0.05) is 37.8 Å². The van der Waals surface area contributed by atoms with E-state index in [0.717, 1.165) is 28.4 Å². The third-order valence-electron chi connectivity index (χ3n) is 3.75. The summed E-state index contributed by atoms with van der Waals surface area (Å²) in [5, 5.41) is 2.17. The summed E-state index contributed by atoms with van der Waals surface area (Å²) in [6, 6.07) is 11.9. The highest BCUT2D eigenvalue weighted by Gasteiger charge is 2.28. The molecule has 0 bridgehead atoms. The predicted molar refractivity (Wildman–Crippen MR) is 82.9 cm³/mol. The predicted octanol–water partition coefficient (Wildman–Crippen LogP) is 2.85. The molecule has 0 saturated heterocycles. The van der Waals surface area contributed by atoms with Gasteiger partial charge in [-0.1, -0.05) is 24.3 Å². The molecule has 4 nitrogen and oxygen atoms in total. The fourth-order valence-corrected chi connectivity index (χ4v) is 2.76. The molecule has 0 N–H and O–H groups in total. The smallest absolute Gasteiger partial charge is 0.259 e. The van der Waals surface area contributed by atoms with E-state index < -0.39 is 0 Å². The molecule has 4 heteroatoms. The maximum Gasteiger partial charge on any atom is 0.259 e. The van der Waals surface area contributed by atoms with Crippen molar-refractivity contribution in [1.29, 1.82) is 0 Å². The van der Waals surface area contributed by atoms with E-state index in [9.17, 15) is 4.79 Å². The van der Waals surface area contributed by atoms with Crippen molar-refractivity contribution < 1.29 is 14.3 Å². The number of ether oxygens (including phenoxy) is 2. The van der Waals surface area contributed by atoms with Crippen LogP contribution in [0.1, 0.15) is 16.8 Å². The molecule has 2 aromatic carbocycles. The van der Waals surface area contributed by atoms with Crippen molar-refractivity contribution in [3.8, 4) is 0 Å². The van der Waals surface area contributed by atoms with E-state index in [1.165, 1.54) is 0 Å². The molecule has 2 aromatic rings. The Morgan fingerprint density at radius 3 is 2.67 bits per heavy atom. The van der Waals surface area contributed by atoms with E-state index in [2.05, 4.69) is 0 Å². The third-order valence-corrected chi connectivity index (χ3v) is 3.75. The molecule has 0 radical (unpaired) electrons. The number of hydrogen-bond acceptors (Lipinski definition) is 3. The molecule has 0 atom stereocenters. The number of benzene rings is 2. The number of amides is 1. The summed E-state index contributed by atoms with van der Waals surface area (Å²) in [6.45, 7) is 2.49. The average molecular weight is 285 g/mol. The van der Waals surface area contributed by atoms with Crippen LogP contribution in [0.25, 0.3) is 10.8 Å². The summed E-state index contributed by atoms with van der Waals surface area (Å²) >= 11 is 0. The van der Waals surface area contributed by atoms with Gasteiger partial charge < -0.3 is 14.4 Å². The molecule has 110 valence electrons. The Labute approximate surface area is 124 Å². The van der Waals surface area contributed by atoms with Crippen molar-refractivity contribution in [1.82, 2.24) is 0 Å². The number of rotatable bonds is 7. The molecular formula is C17H19NO3. The van der Waals surface area contributed by atoms with E-state index in [1.54, 1.807) is 7.11 Å². The molecule has 0 fully saturated rings. The van der Waals surface area contributed by atoms with Crippen LogP contribution in [0.5, 0.6) is 0 Å². The molecule has 0 saturated carbocycles. The van der Waals surface area contributed by atoms with Gasteiger partial charge in [-0.3, -0.25) is 4.79 Å². The zero-order chi connectivity index (χ0) is 14.7. The van der Waals surface area contributed by atoms with Gasteiger partial charge in [0.25, 0.3) is 5.91 Å².